The van der Waals surface area contributed by atoms with Gasteiger partial charge in [-0.15, -0.1) is 0 Å². The first-order valence-corrected chi connectivity index (χ1v) is 12.7. The van der Waals surface area contributed by atoms with Gasteiger partial charge in [-0.05, 0) is 49.7 Å². The zero-order valence-corrected chi connectivity index (χ0v) is 21.7. The Morgan fingerprint density at radius 2 is 1.89 bits per heavy atom. The third kappa shape index (κ3) is 4.37. The minimum atomic E-state index is -1.02. The van der Waals surface area contributed by atoms with Gasteiger partial charge in [0.25, 0.3) is 0 Å². The first-order valence-electron chi connectivity index (χ1n) is 11.9. The van der Waals surface area contributed by atoms with E-state index in [4.69, 9.17) is 13.9 Å². The molecule has 8 nitrogen and oxygen atoms in total. The molecule has 9 heteroatoms. The average molecular weight is 526 g/mol. The highest BCUT2D eigenvalue weighted by atomic mass is 32.1. The molecule has 0 saturated carbocycles. The molecule has 0 atom stereocenters. The predicted molar refractivity (Wildman–Crippen MR) is 145 cm³/mol. The maximum absolute atomic E-state index is 11.7. The fourth-order valence-electron chi connectivity index (χ4n) is 4.37. The van der Waals surface area contributed by atoms with Crippen molar-refractivity contribution in [2.24, 2.45) is 0 Å². The van der Waals surface area contributed by atoms with Gasteiger partial charge in [0, 0.05) is 22.6 Å². The number of fused-ring (bicyclic) bond motifs is 2. The number of hydrogen-bond acceptors (Lipinski definition) is 7. The van der Waals surface area contributed by atoms with E-state index in [0.717, 1.165) is 37.6 Å². The van der Waals surface area contributed by atoms with Crippen LogP contribution in [0.1, 0.15) is 26.5 Å². The first-order chi connectivity index (χ1) is 18.4. The summed E-state index contributed by atoms with van der Waals surface area (Å²) in [7, 11) is 1.60. The lowest BCUT2D eigenvalue weighted by atomic mass is 10.0. The lowest BCUT2D eigenvalue weighted by molar-refractivity contribution is 0.0696. The van der Waals surface area contributed by atoms with E-state index in [9.17, 15) is 9.90 Å². The van der Waals surface area contributed by atoms with Crippen LogP contribution in [0.5, 0.6) is 11.5 Å². The highest BCUT2D eigenvalue weighted by Crippen LogP contribution is 2.36. The quantitative estimate of drug-likeness (QED) is 0.245. The van der Waals surface area contributed by atoms with Gasteiger partial charge in [-0.1, -0.05) is 41.2 Å². The Bertz CT molecular complexity index is 1780. The molecule has 0 spiro atoms. The van der Waals surface area contributed by atoms with Gasteiger partial charge in [0.2, 0.25) is 4.96 Å². The van der Waals surface area contributed by atoms with Gasteiger partial charge in [-0.3, -0.25) is 0 Å². The standard InChI is InChI=1S/C29H23N3O5S/c1-16-4-6-18(7-5-16)22-9-8-19(28(33)34)11-25(22)36-15-20-10-21(35-3)12-26-23(20)13-27(37-26)24-14-32-29(30-24)38-17(2)31-32/h4-14H,15H2,1-3H3,(H,33,34). The molecule has 0 amide bonds. The Morgan fingerprint density at radius 1 is 1.08 bits per heavy atom. The Balaban J connectivity index is 1.38. The number of hydrogen-bond donors (Lipinski definition) is 1. The molecule has 0 aliphatic carbocycles. The molecule has 0 unspecified atom stereocenters. The monoisotopic (exact) mass is 525 g/mol. The normalized spacial score (nSPS) is 11.3. The number of imidazole rings is 1. The molecular formula is C29H23N3O5S. The van der Waals surface area contributed by atoms with Gasteiger partial charge in [-0.25, -0.2) is 14.3 Å². The van der Waals surface area contributed by atoms with Crippen molar-refractivity contribution in [3.05, 3.63) is 88.6 Å². The largest absolute Gasteiger partial charge is 0.497 e. The molecule has 0 bridgehead atoms. The van der Waals surface area contributed by atoms with E-state index >= 15 is 0 Å². The summed E-state index contributed by atoms with van der Waals surface area (Å²) in [4.78, 5) is 17.1. The SMILES string of the molecule is COc1cc(COc2cc(C(=O)O)ccc2-c2ccc(C)cc2)c2cc(-c3cn4nc(C)sc4n3)oc2c1. The van der Waals surface area contributed by atoms with Crippen LogP contribution in [0.15, 0.2) is 71.3 Å². The fourth-order valence-corrected chi connectivity index (χ4v) is 5.09. The number of methoxy groups -OCH3 is 1. The molecule has 3 heterocycles. The second-order valence-electron chi connectivity index (χ2n) is 8.95. The summed E-state index contributed by atoms with van der Waals surface area (Å²) in [6.07, 6.45) is 1.84. The first kappa shape index (κ1) is 23.7. The topological polar surface area (TPSA) is 99.1 Å². The molecule has 0 saturated heterocycles. The highest BCUT2D eigenvalue weighted by molar-refractivity contribution is 7.16. The van der Waals surface area contributed by atoms with Crippen molar-refractivity contribution in [1.29, 1.82) is 0 Å². The Morgan fingerprint density at radius 3 is 2.63 bits per heavy atom. The van der Waals surface area contributed by atoms with Crippen LogP contribution < -0.4 is 9.47 Å². The highest BCUT2D eigenvalue weighted by Gasteiger charge is 2.17. The van der Waals surface area contributed by atoms with Gasteiger partial charge in [0.1, 0.15) is 34.4 Å². The molecule has 0 aliphatic rings. The number of aromatic carboxylic acids is 1. The molecule has 3 aromatic heterocycles. The second kappa shape index (κ2) is 9.35. The summed E-state index contributed by atoms with van der Waals surface area (Å²) >= 11 is 1.51. The Hall–Kier alpha value is -4.63. The maximum Gasteiger partial charge on any atom is 0.335 e. The van der Waals surface area contributed by atoms with Crippen LogP contribution in [0.3, 0.4) is 0 Å². The summed E-state index contributed by atoms with van der Waals surface area (Å²) in [6.45, 7) is 4.13. The van der Waals surface area contributed by atoms with Crippen LogP contribution in [0, 0.1) is 13.8 Å². The van der Waals surface area contributed by atoms with E-state index in [2.05, 4.69) is 10.1 Å². The molecule has 0 fully saturated rings. The summed E-state index contributed by atoms with van der Waals surface area (Å²) in [5.41, 5.74) is 5.19. The minimum absolute atomic E-state index is 0.154. The van der Waals surface area contributed by atoms with Gasteiger partial charge >= 0.3 is 5.97 Å². The van der Waals surface area contributed by atoms with Gasteiger partial charge in [-0.2, -0.15) is 5.10 Å². The Kier molecular flexibility index (Phi) is 5.84. The van der Waals surface area contributed by atoms with E-state index in [0.29, 0.717) is 28.5 Å². The molecule has 6 rings (SSSR count). The molecule has 190 valence electrons. The van der Waals surface area contributed by atoms with Crippen molar-refractivity contribution in [2.45, 2.75) is 20.5 Å². The second-order valence-corrected chi connectivity index (χ2v) is 10.1. The van der Waals surface area contributed by atoms with Crippen LogP contribution in [0.25, 0.3) is 38.5 Å². The van der Waals surface area contributed by atoms with Crippen molar-refractivity contribution in [3.8, 4) is 34.1 Å². The number of carboxylic acids is 1. The van der Waals surface area contributed by atoms with E-state index < -0.39 is 5.97 Å². The molecule has 38 heavy (non-hydrogen) atoms. The van der Waals surface area contributed by atoms with Crippen molar-refractivity contribution in [3.63, 3.8) is 0 Å². The van der Waals surface area contributed by atoms with Crippen LogP contribution in [0.2, 0.25) is 0 Å². The molecule has 1 N–H and O–H groups in total. The third-order valence-corrected chi connectivity index (χ3v) is 7.14. The molecule has 0 aliphatic heterocycles. The van der Waals surface area contributed by atoms with Crippen molar-refractivity contribution >= 4 is 33.2 Å². The molecule has 6 aromatic rings. The maximum atomic E-state index is 11.7. The van der Waals surface area contributed by atoms with Crippen LogP contribution in [-0.4, -0.2) is 32.8 Å². The summed E-state index contributed by atoms with van der Waals surface area (Å²) in [6, 6.07) is 18.6. The lowest BCUT2D eigenvalue weighted by Crippen LogP contribution is -2.02. The van der Waals surface area contributed by atoms with Crippen molar-refractivity contribution in [1.82, 2.24) is 14.6 Å². The van der Waals surface area contributed by atoms with Crippen molar-refractivity contribution in [2.75, 3.05) is 7.11 Å². The smallest absolute Gasteiger partial charge is 0.335 e. The van der Waals surface area contributed by atoms with E-state index in [1.807, 2.05) is 62.5 Å². The van der Waals surface area contributed by atoms with Crippen LogP contribution in [-0.2, 0) is 6.61 Å². The fraction of sp³-hybridized carbons (Fsp3) is 0.138. The molecule has 3 aromatic carbocycles. The van der Waals surface area contributed by atoms with Crippen LogP contribution in [0.4, 0.5) is 0 Å². The minimum Gasteiger partial charge on any atom is -0.497 e. The molecule has 0 radical (unpaired) electrons. The average Bonchev–Trinajstić information content (AvgIpc) is 3.60. The zero-order chi connectivity index (χ0) is 26.4. The van der Waals surface area contributed by atoms with E-state index in [1.54, 1.807) is 29.8 Å². The zero-order valence-electron chi connectivity index (χ0n) is 20.9. The number of benzene rings is 3. The van der Waals surface area contributed by atoms with Crippen molar-refractivity contribution < 1.29 is 23.8 Å². The van der Waals surface area contributed by atoms with E-state index in [-0.39, 0.29) is 12.2 Å². The molecular weight excluding hydrogens is 502 g/mol. The summed E-state index contributed by atoms with van der Waals surface area (Å²) < 4.78 is 19.7. The number of aryl methyl sites for hydroxylation is 2. The number of furan rings is 1. The number of nitrogens with zero attached hydrogens (tertiary/aromatic N) is 3. The van der Waals surface area contributed by atoms with Gasteiger partial charge < -0.3 is 19.0 Å². The van der Waals surface area contributed by atoms with E-state index in [1.165, 1.54) is 11.3 Å². The van der Waals surface area contributed by atoms with Gasteiger partial charge in [0.15, 0.2) is 5.76 Å². The summed E-state index contributed by atoms with van der Waals surface area (Å²) in [5.74, 6) is 0.693. The number of rotatable bonds is 7. The summed E-state index contributed by atoms with van der Waals surface area (Å²) in [5, 5.41) is 15.8. The van der Waals surface area contributed by atoms with Gasteiger partial charge in [0.05, 0.1) is 18.9 Å². The number of carboxylic acid groups (broad SMARTS) is 1. The predicted octanol–water partition coefficient (Wildman–Crippen LogP) is 6.77. The third-order valence-electron chi connectivity index (χ3n) is 6.30. The number of ether oxygens (including phenoxy) is 2. The number of aromatic nitrogens is 3. The number of carbonyl (C=O) groups is 1. The lowest BCUT2D eigenvalue weighted by Gasteiger charge is -2.14. The Labute approximate surface area is 221 Å². The van der Waals surface area contributed by atoms with Crippen LogP contribution >= 0.6 is 11.3 Å².